The van der Waals surface area contributed by atoms with Gasteiger partial charge in [0.2, 0.25) is 21.8 Å². The SMILES string of the molecule is COc1ccc(C)cc1N(CC(=O)N(Cc1ccc(Cl)cc1Cl)[C@H](Cc1ccccc1)C(=O)NC1CCCC1)S(C)(=O)=O. The van der Waals surface area contributed by atoms with E-state index in [2.05, 4.69) is 5.32 Å². The summed E-state index contributed by atoms with van der Waals surface area (Å²) in [5.41, 5.74) is 2.46. The van der Waals surface area contributed by atoms with Crippen molar-refractivity contribution in [2.45, 2.75) is 57.7 Å². The molecule has 1 saturated carbocycles. The molecule has 1 aliphatic carbocycles. The van der Waals surface area contributed by atoms with Gasteiger partial charge >= 0.3 is 0 Å². The van der Waals surface area contributed by atoms with Crippen LogP contribution in [0.3, 0.4) is 0 Å². The highest BCUT2D eigenvalue weighted by atomic mass is 35.5. The van der Waals surface area contributed by atoms with Gasteiger partial charge < -0.3 is 15.0 Å². The third-order valence-corrected chi connectivity index (χ3v) is 9.32. The zero-order valence-electron chi connectivity index (χ0n) is 24.6. The lowest BCUT2D eigenvalue weighted by atomic mass is 10.0. The molecule has 1 atom stereocenters. The average molecular weight is 647 g/mol. The highest BCUT2D eigenvalue weighted by Gasteiger charge is 2.35. The summed E-state index contributed by atoms with van der Waals surface area (Å²) in [5, 5.41) is 3.91. The highest BCUT2D eigenvalue weighted by molar-refractivity contribution is 7.92. The zero-order chi connectivity index (χ0) is 31.1. The van der Waals surface area contributed by atoms with Crippen molar-refractivity contribution in [3.05, 3.63) is 93.5 Å². The Bertz CT molecular complexity index is 1550. The molecule has 0 spiro atoms. The summed E-state index contributed by atoms with van der Waals surface area (Å²) in [7, 11) is -2.51. The molecule has 0 aromatic heterocycles. The van der Waals surface area contributed by atoms with Gasteiger partial charge in [-0.15, -0.1) is 0 Å². The summed E-state index contributed by atoms with van der Waals surface area (Å²) in [6.45, 7) is 1.24. The number of rotatable bonds is 12. The van der Waals surface area contributed by atoms with E-state index in [4.69, 9.17) is 27.9 Å². The first-order valence-electron chi connectivity index (χ1n) is 14.2. The predicted molar refractivity (Wildman–Crippen MR) is 171 cm³/mol. The van der Waals surface area contributed by atoms with Crippen LogP contribution in [0, 0.1) is 6.92 Å². The van der Waals surface area contributed by atoms with Crippen LogP contribution in [0.2, 0.25) is 10.0 Å². The first-order chi connectivity index (χ1) is 20.5. The minimum atomic E-state index is -3.94. The monoisotopic (exact) mass is 645 g/mol. The Morgan fingerprint density at radius 2 is 1.72 bits per heavy atom. The largest absolute Gasteiger partial charge is 0.495 e. The van der Waals surface area contributed by atoms with Crippen LogP contribution >= 0.6 is 23.2 Å². The van der Waals surface area contributed by atoms with Gasteiger partial charge in [-0.25, -0.2) is 8.42 Å². The lowest BCUT2D eigenvalue weighted by molar-refractivity contribution is -0.140. The number of halogens is 2. The molecule has 1 fully saturated rings. The van der Waals surface area contributed by atoms with E-state index in [1.807, 2.05) is 37.3 Å². The maximum absolute atomic E-state index is 14.3. The van der Waals surface area contributed by atoms with Crippen molar-refractivity contribution in [1.82, 2.24) is 10.2 Å². The van der Waals surface area contributed by atoms with Gasteiger partial charge in [0, 0.05) is 29.1 Å². The second kappa shape index (κ2) is 14.5. The zero-order valence-corrected chi connectivity index (χ0v) is 26.9. The van der Waals surface area contributed by atoms with Crippen molar-refractivity contribution in [3.63, 3.8) is 0 Å². The molecule has 3 aromatic rings. The number of methoxy groups -OCH3 is 1. The number of anilines is 1. The molecule has 0 aliphatic heterocycles. The molecule has 0 radical (unpaired) electrons. The molecule has 2 amide bonds. The lowest BCUT2D eigenvalue weighted by Gasteiger charge is -2.34. The number of hydrogen-bond acceptors (Lipinski definition) is 5. The maximum atomic E-state index is 14.3. The molecule has 0 unspecified atom stereocenters. The molecule has 11 heteroatoms. The Balaban J connectivity index is 1.78. The minimum Gasteiger partial charge on any atom is -0.495 e. The second-order valence-electron chi connectivity index (χ2n) is 10.9. The molecule has 3 aromatic carbocycles. The number of nitrogens with one attached hydrogen (secondary N) is 1. The first-order valence-corrected chi connectivity index (χ1v) is 16.8. The van der Waals surface area contributed by atoms with Crippen molar-refractivity contribution in [1.29, 1.82) is 0 Å². The van der Waals surface area contributed by atoms with Crippen LogP contribution in [0.1, 0.15) is 42.4 Å². The Morgan fingerprint density at radius 3 is 2.35 bits per heavy atom. The van der Waals surface area contributed by atoms with Gasteiger partial charge in [0.25, 0.3) is 0 Å². The van der Waals surface area contributed by atoms with E-state index in [1.54, 1.807) is 36.4 Å². The summed E-state index contributed by atoms with van der Waals surface area (Å²) < 4.78 is 32.7. The Labute approximate surface area is 264 Å². The fourth-order valence-electron chi connectivity index (χ4n) is 5.34. The summed E-state index contributed by atoms with van der Waals surface area (Å²) >= 11 is 12.7. The number of benzene rings is 3. The van der Waals surface area contributed by atoms with Crippen LogP contribution in [-0.4, -0.2) is 57.1 Å². The van der Waals surface area contributed by atoms with Crippen molar-refractivity contribution in [2.24, 2.45) is 0 Å². The number of aryl methyl sites for hydroxylation is 1. The number of nitrogens with zero attached hydrogens (tertiary/aromatic N) is 2. The Kier molecular flexibility index (Phi) is 11.0. The van der Waals surface area contributed by atoms with Crippen molar-refractivity contribution >= 4 is 50.7 Å². The van der Waals surface area contributed by atoms with Gasteiger partial charge in [-0.3, -0.25) is 13.9 Å². The van der Waals surface area contributed by atoms with E-state index in [0.717, 1.165) is 47.4 Å². The van der Waals surface area contributed by atoms with Crippen LogP contribution in [0.4, 0.5) is 5.69 Å². The van der Waals surface area contributed by atoms with E-state index in [0.29, 0.717) is 21.4 Å². The van der Waals surface area contributed by atoms with Crippen molar-refractivity contribution in [3.8, 4) is 5.75 Å². The summed E-state index contributed by atoms with van der Waals surface area (Å²) in [6.07, 6.45) is 5.06. The summed E-state index contributed by atoms with van der Waals surface area (Å²) in [6, 6.07) is 18.6. The Hall–Kier alpha value is -3.27. The van der Waals surface area contributed by atoms with E-state index >= 15 is 0 Å². The van der Waals surface area contributed by atoms with Gasteiger partial charge in [0.05, 0.1) is 19.1 Å². The van der Waals surface area contributed by atoms with E-state index in [1.165, 1.54) is 12.0 Å². The summed E-state index contributed by atoms with van der Waals surface area (Å²) in [5.74, 6) is -0.563. The number of hydrogen-bond donors (Lipinski definition) is 1. The molecule has 1 N–H and O–H groups in total. The fourth-order valence-corrected chi connectivity index (χ4v) is 6.66. The van der Waals surface area contributed by atoms with E-state index < -0.39 is 28.5 Å². The number of carbonyl (C=O) groups is 2. The predicted octanol–water partition coefficient (Wildman–Crippen LogP) is 5.78. The Morgan fingerprint density at radius 1 is 1.02 bits per heavy atom. The van der Waals surface area contributed by atoms with Gasteiger partial charge in [-0.1, -0.05) is 78.5 Å². The molecule has 0 saturated heterocycles. The van der Waals surface area contributed by atoms with Gasteiger partial charge in [-0.05, 0) is 60.7 Å². The van der Waals surface area contributed by atoms with Crippen molar-refractivity contribution < 1.29 is 22.7 Å². The molecule has 43 heavy (non-hydrogen) atoms. The first kappa shape index (κ1) is 32.6. The molecule has 0 heterocycles. The molecule has 8 nitrogen and oxygen atoms in total. The highest BCUT2D eigenvalue weighted by Crippen LogP contribution is 2.32. The molecular formula is C32H37Cl2N3O5S. The van der Waals surface area contributed by atoms with Crippen LogP contribution in [0.5, 0.6) is 5.75 Å². The molecule has 230 valence electrons. The van der Waals surface area contributed by atoms with Crippen LogP contribution in [0.15, 0.2) is 66.7 Å². The standard InChI is InChI=1S/C32H37Cl2N3O5S/c1-22-13-16-30(42-2)28(17-22)37(43(3,40)41)21-31(38)36(20-24-14-15-25(33)19-27(24)34)29(18-23-9-5-4-6-10-23)32(39)35-26-11-7-8-12-26/h4-6,9-10,13-17,19,26,29H,7-8,11-12,18,20-21H2,1-3H3,(H,35,39)/t29-/m1/s1. The number of ether oxygens (including phenoxy) is 1. The van der Waals surface area contributed by atoms with E-state index in [9.17, 15) is 18.0 Å². The van der Waals surface area contributed by atoms with Crippen molar-refractivity contribution in [2.75, 3.05) is 24.2 Å². The quantitative estimate of drug-likeness (QED) is 0.270. The summed E-state index contributed by atoms with van der Waals surface area (Å²) in [4.78, 5) is 29.7. The average Bonchev–Trinajstić information content (AvgIpc) is 3.47. The second-order valence-corrected chi connectivity index (χ2v) is 13.6. The lowest BCUT2D eigenvalue weighted by Crippen LogP contribution is -2.54. The van der Waals surface area contributed by atoms with E-state index in [-0.39, 0.29) is 30.6 Å². The minimum absolute atomic E-state index is 0.0194. The maximum Gasteiger partial charge on any atom is 0.244 e. The van der Waals surface area contributed by atoms with Crippen LogP contribution in [-0.2, 0) is 32.6 Å². The van der Waals surface area contributed by atoms with Gasteiger partial charge in [-0.2, -0.15) is 0 Å². The van der Waals surface area contributed by atoms with Gasteiger partial charge in [0.15, 0.2) is 0 Å². The number of amides is 2. The topological polar surface area (TPSA) is 96.0 Å². The number of carbonyl (C=O) groups excluding carboxylic acids is 2. The normalized spacial score (nSPS) is 14.3. The fraction of sp³-hybridized carbons (Fsp3) is 0.375. The molecule has 4 rings (SSSR count). The number of sulfonamides is 1. The van der Waals surface area contributed by atoms with Crippen LogP contribution < -0.4 is 14.4 Å². The smallest absolute Gasteiger partial charge is 0.244 e. The third kappa shape index (κ3) is 8.65. The van der Waals surface area contributed by atoms with Crippen LogP contribution in [0.25, 0.3) is 0 Å². The molecular weight excluding hydrogens is 609 g/mol. The van der Waals surface area contributed by atoms with Gasteiger partial charge in [0.1, 0.15) is 18.3 Å². The molecule has 0 bridgehead atoms. The molecule has 1 aliphatic rings. The third-order valence-electron chi connectivity index (χ3n) is 7.61.